The van der Waals surface area contributed by atoms with Crippen LogP contribution in [0.2, 0.25) is 0 Å². The minimum atomic E-state index is -1.77. The average molecular weight is 348 g/mol. The van der Waals surface area contributed by atoms with Gasteiger partial charge in [0.1, 0.15) is 0 Å². The van der Waals surface area contributed by atoms with Gasteiger partial charge in [-0.3, -0.25) is 14.5 Å². The van der Waals surface area contributed by atoms with Gasteiger partial charge in [0.2, 0.25) is 4.87 Å². The number of hydrogen-bond acceptors (Lipinski definition) is 2. The van der Waals surface area contributed by atoms with Crippen molar-refractivity contribution in [3.05, 3.63) is 96.1 Å². The molecule has 0 fully saturated rings. The van der Waals surface area contributed by atoms with Crippen molar-refractivity contribution in [2.75, 3.05) is 4.90 Å². The summed E-state index contributed by atoms with van der Waals surface area (Å²) in [5.74, 6) is -0.858. The van der Waals surface area contributed by atoms with Crippen LogP contribution >= 0.6 is 11.6 Å². The molecule has 4 heteroatoms. The summed E-state index contributed by atoms with van der Waals surface area (Å²) < 4.78 is 0. The predicted octanol–water partition coefficient (Wildman–Crippen LogP) is 4.68. The lowest BCUT2D eigenvalue weighted by Crippen LogP contribution is -2.51. The zero-order valence-corrected chi connectivity index (χ0v) is 14.0. The molecule has 1 amide bonds. The fourth-order valence-corrected chi connectivity index (χ4v) is 3.47. The van der Waals surface area contributed by atoms with Crippen molar-refractivity contribution < 1.29 is 9.59 Å². The second-order valence-electron chi connectivity index (χ2n) is 5.85. The van der Waals surface area contributed by atoms with Crippen molar-refractivity contribution in [1.29, 1.82) is 0 Å². The highest BCUT2D eigenvalue weighted by atomic mass is 35.5. The summed E-state index contributed by atoms with van der Waals surface area (Å²) >= 11 is 6.73. The second kappa shape index (κ2) is 5.87. The maximum absolute atomic E-state index is 13.4. The Hall–Kier alpha value is -2.91. The first kappa shape index (κ1) is 15.6. The molecule has 0 N–H and O–H groups in total. The molecular formula is C21H14ClNO2. The second-order valence-corrected chi connectivity index (χ2v) is 6.41. The van der Waals surface area contributed by atoms with E-state index in [1.54, 1.807) is 48.5 Å². The lowest BCUT2D eigenvalue weighted by Gasteiger charge is -2.38. The Morgan fingerprint density at radius 3 is 1.96 bits per heavy atom. The van der Waals surface area contributed by atoms with Crippen LogP contribution in [0.15, 0.2) is 84.9 Å². The highest BCUT2D eigenvalue weighted by molar-refractivity contribution is 6.52. The molecule has 0 saturated heterocycles. The highest BCUT2D eigenvalue weighted by Crippen LogP contribution is 2.45. The quantitative estimate of drug-likeness (QED) is 0.498. The zero-order chi connectivity index (χ0) is 17.4. The maximum Gasteiger partial charge on any atom is 0.265 e. The molecule has 3 aromatic carbocycles. The van der Waals surface area contributed by atoms with Gasteiger partial charge in [0.25, 0.3) is 5.91 Å². The molecule has 1 heterocycles. The minimum Gasteiger partial charge on any atom is -0.291 e. The molecule has 0 aliphatic carbocycles. The Morgan fingerprint density at radius 2 is 1.28 bits per heavy atom. The van der Waals surface area contributed by atoms with Gasteiger partial charge in [-0.15, -0.1) is 0 Å². The van der Waals surface area contributed by atoms with E-state index < -0.39 is 16.6 Å². The minimum absolute atomic E-state index is 0.395. The zero-order valence-electron chi connectivity index (χ0n) is 13.2. The lowest BCUT2D eigenvalue weighted by atomic mass is 9.84. The van der Waals surface area contributed by atoms with E-state index in [1.165, 1.54) is 4.90 Å². The van der Waals surface area contributed by atoms with Gasteiger partial charge in [-0.2, -0.15) is 0 Å². The molecule has 0 aromatic heterocycles. The van der Waals surface area contributed by atoms with Gasteiger partial charge in [-0.25, -0.2) is 0 Å². The van der Waals surface area contributed by atoms with Crippen molar-refractivity contribution in [2.45, 2.75) is 4.87 Å². The number of halogens is 1. The number of carbonyl (C=O) groups is 2. The van der Waals surface area contributed by atoms with Crippen LogP contribution in [0, 0.1) is 0 Å². The van der Waals surface area contributed by atoms with Crippen LogP contribution < -0.4 is 4.90 Å². The SMILES string of the molecule is O=C1c2ccccc2N(c2ccccc2)C(=O)C1(Cl)c1ccccc1. The van der Waals surface area contributed by atoms with Gasteiger partial charge in [0.15, 0.2) is 5.78 Å². The summed E-state index contributed by atoms with van der Waals surface area (Å²) in [5.41, 5.74) is 2.14. The van der Waals surface area contributed by atoms with Crippen LogP contribution in [0.3, 0.4) is 0 Å². The number of fused-ring (bicyclic) bond motifs is 1. The smallest absolute Gasteiger partial charge is 0.265 e. The standard InChI is InChI=1S/C21H14ClNO2/c22-21(15-9-3-1-4-10-15)19(24)17-13-7-8-14-18(17)23(20(21)25)16-11-5-2-6-12-16/h1-14H. The third-order valence-corrected chi connectivity index (χ3v) is 4.94. The van der Waals surface area contributed by atoms with Gasteiger partial charge in [0, 0.05) is 11.3 Å². The molecule has 1 unspecified atom stereocenters. The number of nitrogens with zero attached hydrogens (tertiary/aromatic N) is 1. The van der Waals surface area contributed by atoms with Crippen LogP contribution in [0.1, 0.15) is 15.9 Å². The third-order valence-electron chi connectivity index (χ3n) is 4.39. The molecule has 0 saturated carbocycles. The molecule has 0 radical (unpaired) electrons. The van der Waals surface area contributed by atoms with Crippen molar-refractivity contribution in [3.63, 3.8) is 0 Å². The van der Waals surface area contributed by atoms with E-state index >= 15 is 0 Å². The Bertz CT molecular complexity index is 956. The lowest BCUT2D eigenvalue weighted by molar-refractivity contribution is -0.119. The molecular weight excluding hydrogens is 334 g/mol. The van der Waals surface area contributed by atoms with Crippen molar-refractivity contribution in [1.82, 2.24) is 0 Å². The van der Waals surface area contributed by atoms with Crippen LogP contribution in [-0.2, 0) is 9.67 Å². The number of carbonyl (C=O) groups excluding carboxylic acids is 2. The van der Waals surface area contributed by atoms with E-state index in [9.17, 15) is 9.59 Å². The Labute approximate surface area is 150 Å². The first-order valence-corrected chi connectivity index (χ1v) is 8.29. The number of hydrogen-bond donors (Lipinski definition) is 0. The monoisotopic (exact) mass is 347 g/mol. The van der Waals surface area contributed by atoms with Crippen LogP contribution in [-0.4, -0.2) is 11.7 Å². The average Bonchev–Trinajstić information content (AvgIpc) is 2.68. The van der Waals surface area contributed by atoms with Crippen molar-refractivity contribution >= 4 is 34.7 Å². The Morgan fingerprint density at radius 1 is 0.720 bits per heavy atom. The Balaban J connectivity index is 1.99. The van der Waals surface area contributed by atoms with E-state index in [2.05, 4.69) is 0 Å². The molecule has 1 atom stereocenters. The molecule has 122 valence electrons. The largest absolute Gasteiger partial charge is 0.291 e. The summed E-state index contributed by atoms with van der Waals surface area (Å²) in [6.45, 7) is 0. The summed E-state index contributed by atoms with van der Waals surface area (Å²) in [5, 5.41) is 0. The van der Waals surface area contributed by atoms with E-state index in [0.29, 0.717) is 22.5 Å². The predicted molar refractivity (Wildman–Crippen MR) is 98.3 cm³/mol. The molecule has 0 spiro atoms. The number of para-hydroxylation sites is 2. The van der Waals surface area contributed by atoms with E-state index in [1.807, 2.05) is 36.4 Å². The summed E-state index contributed by atoms with van der Waals surface area (Å²) in [6.07, 6.45) is 0. The van der Waals surface area contributed by atoms with Crippen LogP contribution in [0.25, 0.3) is 0 Å². The summed E-state index contributed by atoms with van der Waals surface area (Å²) in [7, 11) is 0. The van der Waals surface area contributed by atoms with Gasteiger partial charge in [-0.05, 0) is 29.8 Å². The van der Waals surface area contributed by atoms with E-state index in [4.69, 9.17) is 11.6 Å². The Kier molecular flexibility index (Phi) is 3.66. The topological polar surface area (TPSA) is 37.4 Å². The number of rotatable bonds is 2. The van der Waals surface area contributed by atoms with E-state index in [-0.39, 0.29) is 0 Å². The number of benzene rings is 3. The summed E-state index contributed by atoms with van der Waals surface area (Å²) in [6, 6.07) is 25.1. The number of amides is 1. The van der Waals surface area contributed by atoms with Gasteiger partial charge >= 0.3 is 0 Å². The van der Waals surface area contributed by atoms with Crippen LogP contribution in [0.4, 0.5) is 11.4 Å². The molecule has 1 aliphatic heterocycles. The first-order chi connectivity index (χ1) is 12.1. The van der Waals surface area contributed by atoms with Crippen molar-refractivity contribution in [2.24, 2.45) is 0 Å². The molecule has 0 bridgehead atoms. The third kappa shape index (κ3) is 2.28. The fourth-order valence-electron chi connectivity index (χ4n) is 3.16. The summed E-state index contributed by atoms with van der Waals surface area (Å²) in [4.78, 5) is 26.3. The highest BCUT2D eigenvalue weighted by Gasteiger charge is 2.53. The number of Topliss-reactive ketones (excluding diaryl/α,β-unsaturated/α-hetero) is 1. The maximum atomic E-state index is 13.4. The molecule has 3 aromatic rings. The number of anilines is 2. The first-order valence-electron chi connectivity index (χ1n) is 7.92. The van der Waals surface area contributed by atoms with Gasteiger partial charge in [0.05, 0.1) is 5.69 Å². The molecule has 1 aliphatic rings. The van der Waals surface area contributed by atoms with Crippen molar-refractivity contribution in [3.8, 4) is 0 Å². The molecule has 25 heavy (non-hydrogen) atoms. The molecule has 4 rings (SSSR count). The van der Waals surface area contributed by atoms with E-state index in [0.717, 1.165) is 0 Å². The normalized spacial score (nSPS) is 19.6. The van der Waals surface area contributed by atoms with Gasteiger partial charge in [-0.1, -0.05) is 72.3 Å². The molecule has 3 nitrogen and oxygen atoms in total. The van der Waals surface area contributed by atoms with Gasteiger partial charge < -0.3 is 0 Å². The van der Waals surface area contributed by atoms with Crippen LogP contribution in [0.5, 0.6) is 0 Å². The number of ketones is 1. The fraction of sp³-hybridized carbons (Fsp3) is 0.0476. The number of alkyl halides is 1.